The van der Waals surface area contributed by atoms with Gasteiger partial charge in [0.1, 0.15) is 0 Å². The van der Waals surface area contributed by atoms with Gasteiger partial charge in [0, 0.05) is 6.61 Å². The number of aromatic nitrogens is 2. The number of fused-ring (bicyclic) bond motifs is 1. The summed E-state index contributed by atoms with van der Waals surface area (Å²) in [5.41, 5.74) is 0.550. The first-order valence-electron chi connectivity index (χ1n) is 5.50. The second kappa shape index (κ2) is 4.13. The van der Waals surface area contributed by atoms with Crippen LogP contribution in [0.25, 0.3) is 10.9 Å². The van der Waals surface area contributed by atoms with Crippen molar-refractivity contribution < 1.29 is 4.74 Å². The zero-order valence-electron chi connectivity index (χ0n) is 9.10. The Hall–Kier alpha value is -1.39. The Morgan fingerprint density at radius 2 is 2.35 bits per heavy atom. The van der Waals surface area contributed by atoms with Crippen LogP contribution in [0.4, 0.5) is 0 Å². The van der Waals surface area contributed by atoms with Crippen molar-refractivity contribution in [1.29, 1.82) is 0 Å². The summed E-state index contributed by atoms with van der Waals surface area (Å²) in [6.45, 7) is 1.26. The Kier molecular flexibility index (Phi) is 2.61. The average molecular weight is 251 g/mol. The van der Waals surface area contributed by atoms with Crippen LogP contribution in [-0.2, 0) is 4.74 Å². The molecule has 0 saturated carbocycles. The first kappa shape index (κ1) is 10.7. The largest absolute Gasteiger partial charge is 0.379 e. The van der Waals surface area contributed by atoms with Gasteiger partial charge >= 0.3 is 0 Å². The maximum Gasteiger partial charge on any atom is 0.263 e. The van der Waals surface area contributed by atoms with Gasteiger partial charge in [0.25, 0.3) is 5.56 Å². The molecule has 17 heavy (non-hydrogen) atoms. The summed E-state index contributed by atoms with van der Waals surface area (Å²) in [6.07, 6.45) is 2.43. The van der Waals surface area contributed by atoms with Crippen molar-refractivity contribution in [3.8, 4) is 0 Å². The summed E-state index contributed by atoms with van der Waals surface area (Å²) in [5.74, 6) is 0. The topological polar surface area (TPSA) is 44.1 Å². The second-order valence-electron chi connectivity index (χ2n) is 4.11. The summed E-state index contributed by atoms with van der Waals surface area (Å²) in [7, 11) is 0. The molecule has 0 bridgehead atoms. The van der Waals surface area contributed by atoms with E-state index in [0.29, 0.717) is 29.1 Å². The van der Waals surface area contributed by atoms with E-state index in [9.17, 15) is 4.79 Å². The normalized spacial score (nSPS) is 19.9. The molecule has 1 aliphatic heterocycles. The van der Waals surface area contributed by atoms with E-state index in [-0.39, 0.29) is 11.6 Å². The summed E-state index contributed by atoms with van der Waals surface area (Å²) >= 11 is 6.06. The minimum Gasteiger partial charge on any atom is -0.379 e. The van der Waals surface area contributed by atoms with Gasteiger partial charge in [-0.1, -0.05) is 17.7 Å². The molecule has 2 heterocycles. The predicted molar refractivity (Wildman–Crippen MR) is 65.5 cm³/mol. The lowest BCUT2D eigenvalue weighted by molar-refractivity contribution is 0.186. The van der Waals surface area contributed by atoms with Crippen molar-refractivity contribution in [2.75, 3.05) is 13.2 Å². The average Bonchev–Trinajstić information content (AvgIpc) is 2.83. The van der Waals surface area contributed by atoms with E-state index >= 15 is 0 Å². The van der Waals surface area contributed by atoms with E-state index in [0.717, 1.165) is 6.42 Å². The van der Waals surface area contributed by atoms with Crippen LogP contribution in [0.1, 0.15) is 12.5 Å². The summed E-state index contributed by atoms with van der Waals surface area (Å²) in [4.78, 5) is 16.6. The van der Waals surface area contributed by atoms with Gasteiger partial charge in [0.05, 0.1) is 34.9 Å². The van der Waals surface area contributed by atoms with Gasteiger partial charge in [-0.25, -0.2) is 4.98 Å². The quantitative estimate of drug-likeness (QED) is 0.778. The number of rotatable bonds is 1. The molecule has 0 radical (unpaired) electrons. The third-order valence-corrected chi connectivity index (χ3v) is 3.38. The van der Waals surface area contributed by atoms with Crippen LogP contribution in [-0.4, -0.2) is 22.8 Å². The highest BCUT2D eigenvalue weighted by Gasteiger charge is 2.20. The summed E-state index contributed by atoms with van der Waals surface area (Å²) in [6, 6.07) is 5.37. The molecule has 1 aliphatic rings. The molecule has 2 aromatic rings. The number of benzene rings is 1. The van der Waals surface area contributed by atoms with Gasteiger partial charge in [-0.2, -0.15) is 0 Å². The molecule has 88 valence electrons. The highest BCUT2D eigenvalue weighted by Crippen LogP contribution is 2.21. The number of ether oxygens (including phenoxy) is 1. The van der Waals surface area contributed by atoms with Crippen LogP contribution in [0.3, 0.4) is 0 Å². The Labute approximate surface area is 103 Å². The molecule has 4 nitrogen and oxygen atoms in total. The molecule has 1 aromatic carbocycles. The number of hydrogen-bond donors (Lipinski definition) is 0. The third-order valence-electron chi connectivity index (χ3n) is 3.06. The van der Waals surface area contributed by atoms with E-state index in [1.807, 2.05) is 0 Å². The lowest BCUT2D eigenvalue weighted by Gasteiger charge is -2.12. The molecule has 1 fully saturated rings. The molecule has 0 spiro atoms. The smallest absolute Gasteiger partial charge is 0.263 e. The van der Waals surface area contributed by atoms with Crippen molar-refractivity contribution in [3.05, 3.63) is 39.9 Å². The summed E-state index contributed by atoms with van der Waals surface area (Å²) in [5, 5.41) is 0.942. The first-order valence-corrected chi connectivity index (χ1v) is 5.88. The van der Waals surface area contributed by atoms with Crippen LogP contribution in [0, 0.1) is 0 Å². The van der Waals surface area contributed by atoms with Crippen molar-refractivity contribution >= 4 is 22.5 Å². The number of hydrogen-bond acceptors (Lipinski definition) is 3. The van der Waals surface area contributed by atoms with Crippen LogP contribution in [0.2, 0.25) is 5.02 Å². The monoisotopic (exact) mass is 250 g/mol. The number of nitrogens with zero attached hydrogens (tertiary/aromatic N) is 2. The minimum atomic E-state index is -0.0869. The van der Waals surface area contributed by atoms with E-state index < -0.39 is 0 Å². The zero-order valence-corrected chi connectivity index (χ0v) is 9.85. The first-order chi connectivity index (χ1) is 8.27. The Bertz CT molecular complexity index is 617. The fourth-order valence-electron chi connectivity index (χ4n) is 2.14. The third kappa shape index (κ3) is 1.73. The highest BCUT2D eigenvalue weighted by atomic mass is 35.5. The van der Waals surface area contributed by atoms with Gasteiger partial charge in [0.15, 0.2) is 0 Å². The molecule has 0 aliphatic carbocycles. The van der Waals surface area contributed by atoms with Gasteiger partial charge < -0.3 is 4.74 Å². The standard InChI is InChI=1S/C12H11ClN2O2/c13-9-2-1-3-10-11(9)12(16)15(7-14-10)8-4-5-17-6-8/h1-3,7-8H,4-6H2/t8-/m0/s1. The van der Waals surface area contributed by atoms with Gasteiger partial charge in [0.2, 0.25) is 0 Å². The predicted octanol–water partition coefficient (Wildman–Crippen LogP) is 2.01. The molecule has 5 heteroatoms. The van der Waals surface area contributed by atoms with Gasteiger partial charge in [-0.15, -0.1) is 0 Å². The van der Waals surface area contributed by atoms with E-state index in [1.54, 1.807) is 29.1 Å². The van der Waals surface area contributed by atoms with Crippen LogP contribution < -0.4 is 5.56 Å². The fourth-order valence-corrected chi connectivity index (χ4v) is 2.39. The Morgan fingerprint density at radius 1 is 1.47 bits per heavy atom. The molecule has 0 amide bonds. The molecule has 0 N–H and O–H groups in total. The molecular formula is C12H11ClN2O2. The molecular weight excluding hydrogens is 240 g/mol. The van der Waals surface area contributed by atoms with Crippen molar-refractivity contribution in [3.63, 3.8) is 0 Å². The second-order valence-corrected chi connectivity index (χ2v) is 4.52. The van der Waals surface area contributed by atoms with Crippen LogP contribution in [0.15, 0.2) is 29.3 Å². The lowest BCUT2D eigenvalue weighted by Crippen LogP contribution is -2.25. The maximum atomic E-state index is 12.3. The SMILES string of the molecule is O=c1c2c(Cl)cccc2ncn1[C@H]1CCOC1. The van der Waals surface area contributed by atoms with Crippen molar-refractivity contribution in [2.24, 2.45) is 0 Å². The molecule has 1 saturated heterocycles. The zero-order chi connectivity index (χ0) is 11.8. The van der Waals surface area contributed by atoms with Crippen molar-refractivity contribution in [1.82, 2.24) is 9.55 Å². The molecule has 3 rings (SSSR count). The van der Waals surface area contributed by atoms with Gasteiger partial charge in [-0.05, 0) is 18.6 Å². The van der Waals surface area contributed by atoms with Crippen molar-refractivity contribution in [2.45, 2.75) is 12.5 Å². The molecule has 1 aromatic heterocycles. The maximum absolute atomic E-state index is 12.3. The molecule has 1 atom stereocenters. The number of halogens is 1. The Balaban J connectivity index is 2.25. The van der Waals surface area contributed by atoms with Gasteiger partial charge in [-0.3, -0.25) is 9.36 Å². The van der Waals surface area contributed by atoms with E-state index in [1.165, 1.54) is 0 Å². The highest BCUT2D eigenvalue weighted by molar-refractivity contribution is 6.35. The lowest BCUT2D eigenvalue weighted by atomic mass is 10.2. The Morgan fingerprint density at radius 3 is 3.12 bits per heavy atom. The van der Waals surface area contributed by atoms with E-state index in [4.69, 9.17) is 16.3 Å². The molecule has 0 unspecified atom stereocenters. The van der Waals surface area contributed by atoms with Crippen LogP contribution in [0.5, 0.6) is 0 Å². The fraction of sp³-hybridized carbons (Fsp3) is 0.333. The summed E-state index contributed by atoms with van der Waals surface area (Å²) < 4.78 is 6.91. The van der Waals surface area contributed by atoms with E-state index in [2.05, 4.69) is 4.98 Å². The van der Waals surface area contributed by atoms with Crippen LogP contribution >= 0.6 is 11.6 Å². The minimum absolute atomic E-state index is 0.0793.